The molecule has 7 heteroatoms. The summed E-state index contributed by atoms with van der Waals surface area (Å²) in [5.41, 5.74) is 7.24. The summed E-state index contributed by atoms with van der Waals surface area (Å²) in [6.45, 7) is 5.67. The van der Waals surface area contributed by atoms with Gasteiger partial charge < -0.3 is 23.7 Å². The zero-order chi connectivity index (χ0) is 31.1. The molecule has 1 aromatic heterocycles. The van der Waals surface area contributed by atoms with E-state index in [-0.39, 0.29) is 12.1 Å². The number of carbonyl (C=O) groups excluding carboxylic acids is 2. The van der Waals surface area contributed by atoms with Crippen LogP contribution in [-0.4, -0.2) is 43.1 Å². The van der Waals surface area contributed by atoms with Gasteiger partial charge in [0.15, 0.2) is 0 Å². The normalized spacial score (nSPS) is 13.7. The van der Waals surface area contributed by atoms with Crippen LogP contribution < -0.4 is 14.4 Å². The fraction of sp³-hybridized carbons (Fsp3) is 0.243. The first-order valence-corrected chi connectivity index (χ1v) is 14.7. The smallest absolute Gasteiger partial charge is 0.310 e. The number of fused-ring (bicyclic) bond motifs is 2. The first-order valence-electron chi connectivity index (χ1n) is 14.7. The standard InChI is InChI=1S/C19H19NO2.C18H19NO3/c1-14-17(16-10-6-7-11-18(16)20(14)2)12-19(21)22-13-15-8-4-3-5-9-15;1-13-3-8-17-18(9-13)22-16(10-19(17)2)12-21-15-6-4-14(11-20)5-7-15/h3-11H,12-13H2,1-2H3;3-9,11,16H,10,12H2,1-2H3. The van der Waals surface area contributed by atoms with Gasteiger partial charge in [-0.25, -0.2) is 0 Å². The number of hydrogen-bond donors (Lipinski definition) is 0. The summed E-state index contributed by atoms with van der Waals surface area (Å²) in [6.07, 6.45) is 1.10. The Labute approximate surface area is 258 Å². The summed E-state index contributed by atoms with van der Waals surface area (Å²) in [5.74, 6) is 1.45. The maximum atomic E-state index is 12.2. The molecule has 1 aliphatic rings. The van der Waals surface area contributed by atoms with Crippen molar-refractivity contribution >= 4 is 28.8 Å². The number of rotatable bonds is 8. The average Bonchev–Trinajstić information content (AvgIpc) is 3.28. The number of para-hydroxylation sites is 1. The molecule has 4 aromatic carbocycles. The van der Waals surface area contributed by atoms with Crippen LogP contribution in [0.3, 0.4) is 0 Å². The fourth-order valence-corrected chi connectivity index (χ4v) is 5.33. The van der Waals surface area contributed by atoms with Gasteiger partial charge in [0.25, 0.3) is 0 Å². The van der Waals surface area contributed by atoms with Gasteiger partial charge in [0.2, 0.25) is 0 Å². The van der Waals surface area contributed by atoms with Crippen LogP contribution in [0.2, 0.25) is 0 Å². The summed E-state index contributed by atoms with van der Waals surface area (Å²) < 4.78 is 19.3. The Hall–Kier alpha value is -5.04. The number of aromatic nitrogens is 1. The second-order valence-corrected chi connectivity index (χ2v) is 11.1. The zero-order valence-electron chi connectivity index (χ0n) is 25.7. The number of esters is 1. The summed E-state index contributed by atoms with van der Waals surface area (Å²) in [4.78, 5) is 25.0. The van der Waals surface area contributed by atoms with Crippen molar-refractivity contribution in [2.24, 2.45) is 7.05 Å². The van der Waals surface area contributed by atoms with Crippen LogP contribution in [0.15, 0.2) is 97.1 Å². The van der Waals surface area contributed by atoms with Crippen molar-refractivity contribution in [2.75, 3.05) is 25.1 Å². The lowest BCUT2D eigenvalue weighted by Crippen LogP contribution is -2.41. The second kappa shape index (κ2) is 14.0. The van der Waals surface area contributed by atoms with E-state index >= 15 is 0 Å². The summed E-state index contributed by atoms with van der Waals surface area (Å²) in [6, 6.07) is 31.2. The Kier molecular flexibility index (Phi) is 9.65. The molecule has 226 valence electrons. The molecule has 1 aliphatic heterocycles. The molecular weight excluding hydrogens is 552 g/mol. The van der Waals surface area contributed by atoms with Gasteiger partial charge >= 0.3 is 5.97 Å². The Bertz CT molecular complexity index is 1730. The quantitative estimate of drug-likeness (QED) is 0.145. The number of aryl methyl sites for hydroxylation is 2. The molecule has 1 unspecified atom stereocenters. The Morgan fingerprint density at radius 1 is 0.932 bits per heavy atom. The molecule has 7 nitrogen and oxygen atoms in total. The third-order valence-electron chi connectivity index (χ3n) is 7.84. The van der Waals surface area contributed by atoms with Crippen molar-refractivity contribution in [2.45, 2.75) is 33.0 Å². The largest absolute Gasteiger partial charge is 0.490 e. The van der Waals surface area contributed by atoms with Crippen LogP contribution in [0.1, 0.15) is 32.7 Å². The van der Waals surface area contributed by atoms with Gasteiger partial charge in [-0.3, -0.25) is 9.59 Å². The number of anilines is 1. The summed E-state index contributed by atoms with van der Waals surface area (Å²) in [5, 5.41) is 1.12. The van der Waals surface area contributed by atoms with Crippen LogP contribution in [-0.2, 0) is 29.6 Å². The molecule has 1 atom stereocenters. The molecule has 0 spiro atoms. The van der Waals surface area contributed by atoms with Gasteiger partial charge in [-0.15, -0.1) is 0 Å². The maximum Gasteiger partial charge on any atom is 0.310 e. The highest BCUT2D eigenvalue weighted by Gasteiger charge is 2.24. The lowest BCUT2D eigenvalue weighted by Gasteiger charge is -2.33. The number of aldehydes is 1. The lowest BCUT2D eigenvalue weighted by atomic mass is 10.1. The van der Waals surface area contributed by atoms with Crippen LogP contribution in [0, 0.1) is 13.8 Å². The Balaban J connectivity index is 0.000000175. The van der Waals surface area contributed by atoms with Crippen molar-refractivity contribution in [3.63, 3.8) is 0 Å². The second-order valence-electron chi connectivity index (χ2n) is 11.1. The molecule has 0 fully saturated rings. The minimum Gasteiger partial charge on any atom is -0.490 e. The highest BCUT2D eigenvalue weighted by molar-refractivity contribution is 5.89. The monoisotopic (exact) mass is 590 g/mol. The first-order chi connectivity index (χ1) is 21.3. The van der Waals surface area contributed by atoms with Gasteiger partial charge in [-0.2, -0.15) is 0 Å². The van der Waals surface area contributed by atoms with E-state index in [9.17, 15) is 9.59 Å². The van der Waals surface area contributed by atoms with Crippen LogP contribution in [0.25, 0.3) is 10.9 Å². The van der Waals surface area contributed by atoms with Gasteiger partial charge in [-0.05, 0) is 73.0 Å². The molecule has 0 radical (unpaired) electrons. The molecule has 5 aromatic rings. The lowest BCUT2D eigenvalue weighted by molar-refractivity contribution is -0.144. The molecule has 0 bridgehead atoms. The minimum atomic E-state index is -0.191. The topological polar surface area (TPSA) is 70.0 Å². The molecule has 0 saturated heterocycles. The molecule has 2 heterocycles. The molecule has 0 N–H and O–H groups in total. The maximum absolute atomic E-state index is 12.2. The predicted octanol–water partition coefficient (Wildman–Crippen LogP) is 6.86. The molecule has 0 saturated carbocycles. The third-order valence-corrected chi connectivity index (χ3v) is 7.84. The van der Waals surface area contributed by atoms with Crippen LogP contribution in [0.4, 0.5) is 5.69 Å². The van der Waals surface area contributed by atoms with Crippen LogP contribution in [0.5, 0.6) is 11.5 Å². The van der Waals surface area contributed by atoms with Gasteiger partial charge in [0.05, 0.1) is 18.7 Å². The highest BCUT2D eigenvalue weighted by atomic mass is 16.5. The highest BCUT2D eigenvalue weighted by Crippen LogP contribution is 2.33. The number of ether oxygens (including phenoxy) is 3. The van der Waals surface area contributed by atoms with Crippen molar-refractivity contribution in [3.05, 3.63) is 125 Å². The van der Waals surface area contributed by atoms with E-state index in [1.54, 1.807) is 24.3 Å². The third kappa shape index (κ3) is 7.29. The zero-order valence-corrected chi connectivity index (χ0v) is 25.7. The van der Waals surface area contributed by atoms with Gasteiger partial charge in [-0.1, -0.05) is 54.6 Å². The fourth-order valence-electron chi connectivity index (χ4n) is 5.33. The Morgan fingerprint density at radius 2 is 1.66 bits per heavy atom. The van der Waals surface area contributed by atoms with E-state index in [2.05, 4.69) is 53.8 Å². The molecular formula is C37H38N2O5. The van der Waals surface area contributed by atoms with E-state index in [1.165, 1.54) is 5.56 Å². The number of carbonyl (C=O) groups is 2. The van der Waals surface area contributed by atoms with Crippen molar-refractivity contribution in [1.82, 2.24) is 4.57 Å². The van der Waals surface area contributed by atoms with Crippen molar-refractivity contribution < 1.29 is 23.8 Å². The SMILES string of the molecule is Cc1c(CC(=O)OCc2ccccc2)c2ccccc2n1C.Cc1ccc2c(c1)OC(COc1ccc(C=O)cc1)CN2C. The molecule has 0 aliphatic carbocycles. The number of nitrogens with zero attached hydrogens (tertiary/aromatic N) is 2. The number of likely N-dealkylation sites (N-methyl/N-ethyl adjacent to an activating group) is 1. The van der Waals surface area contributed by atoms with Crippen molar-refractivity contribution in [3.8, 4) is 11.5 Å². The first kappa shape index (κ1) is 30.4. The average molecular weight is 591 g/mol. The summed E-state index contributed by atoms with van der Waals surface area (Å²) >= 11 is 0. The molecule has 6 rings (SSSR count). The predicted molar refractivity (Wildman–Crippen MR) is 174 cm³/mol. The van der Waals surface area contributed by atoms with E-state index in [1.807, 2.05) is 56.4 Å². The van der Waals surface area contributed by atoms with Gasteiger partial charge in [0, 0.05) is 36.3 Å². The number of benzene rings is 4. The van der Waals surface area contributed by atoms with Crippen LogP contribution >= 0.6 is 0 Å². The Morgan fingerprint density at radius 3 is 2.41 bits per heavy atom. The molecule has 44 heavy (non-hydrogen) atoms. The molecule has 0 amide bonds. The van der Waals surface area contributed by atoms with E-state index in [0.717, 1.165) is 57.7 Å². The van der Waals surface area contributed by atoms with Gasteiger partial charge in [0.1, 0.15) is 37.1 Å². The van der Waals surface area contributed by atoms with E-state index in [4.69, 9.17) is 14.2 Å². The number of hydrogen-bond acceptors (Lipinski definition) is 6. The van der Waals surface area contributed by atoms with Crippen molar-refractivity contribution in [1.29, 1.82) is 0 Å². The van der Waals surface area contributed by atoms with E-state index in [0.29, 0.717) is 25.2 Å². The van der Waals surface area contributed by atoms with E-state index < -0.39 is 0 Å². The minimum absolute atomic E-state index is 0.0231. The summed E-state index contributed by atoms with van der Waals surface area (Å²) in [7, 11) is 4.08.